The molecule has 0 aliphatic carbocycles. The molecular weight excluding hydrogens is 292 g/mol. The molecule has 0 fully saturated rings. The molecule has 16 heavy (non-hydrogen) atoms. The van der Waals surface area contributed by atoms with E-state index in [1.807, 2.05) is 0 Å². The molecule has 0 rings (SSSR count). The van der Waals surface area contributed by atoms with Crippen LogP contribution in [0.25, 0.3) is 0 Å². The highest BCUT2D eigenvalue weighted by Crippen LogP contribution is 2.27. The minimum Gasteiger partial charge on any atom is -0.770 e. The van der Waals surface area contributed by atoms with E-state index < -0.39 is 35.4 Å². The summed E-state index contributed by atoms with van der Waals surface area (Å²) in [5.74, 6) is 0. The molecule has 0 saturated carbocycles. The fourth-order valence-corrected chi connectivity index (χ4v) is 2.57. The molecule has 0 spiro atoms. The van der Waals surface area contributed by atoms with E-state index in [9.17, 15) is 35.1 Å². The van der Waals surface area contributed by atoms with Gasteiger partial charge in [0.2, 0.25) is 0 Å². The van der Waals surface area contributed by atoms with Gasteiger partial charge < -0.3 is 10.7 Å². The summed E-state index contributed by atoms with van der Waals surface area (Å²) in [5, 5.41) is 0. The fraction of sp³-hybridized carbons (Fsp3) is 0.667. The van der Waals surface area contributed by atoms with Crippen LogP contribution in [-0.4, -0.2) is 32.9 Å². The first-order chi connectivity index (χ1) is 6.21. The molecule has 1 unspecified atom stereocenters. The number of rotatable bonds is 1. The van der Waals surface area contributed by atoms with Crippen LogP contribution in [0, 0.1) is 0 Å². The molecule has 0 bridgehead atoms. The van der Waals surface area contributed by atoms with Gasteiger partial charge in [-0.25, -0.2) is 0 Å². The molecule has 0 aromatic rings. The maximum atomic E-state index is 11.6. The van der Waals surface area contributed by atoms with E-state index in [0.29, 0.717) is 0 Å². The highest BCUT2D eigenvalue weighted by Gasteiger charge is 2.58. The second-order valence-corrected chi connectivity index (χ2v) is 6.10. The fourth-order valence-electron chi connectivity index (χ4n) is 0.286. The Bertz CT molecular complexity index is 451. The monoisotopic (exact) mass is 298 g/mol. The third kappa shape index (κ3) is 3.80. The molecule has 0 radical (unpaired) electrons. The highest BCUT2D eigenvalue weighted by molar-refractivity contribution is 8.20. The van der Waals surface area contributed by atoms with Gasteiger partial charge in [0, 0.05) is 9.80 Å². The van der Waals surface area contributed by atoms with Crippen molar-refractivity contribution in [2.45, 2.75) is 11.0 Å². The Labute approximate surface area is 85.8 Å². The Balaban J connectivity index is 0. The summed E-state index contributed by atoms with van der Waals surface area (Å²) in [5.41, 5.74) is -11.9. The van der Waals surface area contributed by atoms with Crippen molar-refractivity contribution in [3.63, 3.8) is 0 Å². The molecule has 5 nitrogen and oxygen atoms in total. The Morgan fingerprint density at radius 1 is 1.00 bits per heavy atom. The van der Waals surface area contributed by atoms with E-state index in [0.717, 1.165) is 0 Å². The first-order valence-corrected chi connectivity index (χ1v) is 5.87. The zero-order valence-electron chi connectivity index (χ0n) is 7.08. The second-order valence-electron chi connectivity index (χ2n) is 2.13. The lowest BCUT2D eigenvalue weighted by Gasteiger charge is -2.16. The minimum absolute atomic E-state index is 0. The lowest BCUT2D eigenvalue weighted by molar-refractivity contribution is -0.0463. The van der Waals surface area contributed by atoms with Gasteiger partial charge in [0.05, 0.1) is 0 Å². The average Bonchev–Trinajstić information content (AvgIpc) is 1.77. The van der Waals surface area contributed by atoms with Crippen LogP contribution < -0.4 is 6.15 Å². The van der Waals surface area contributed by atoms with E-state index in [2.05, 4.69) is 0 Å². The van der Waals surface area contributed by atoms with E-state index in [1.54, 1.807) is 0 Å². The van der Waals surface area contributed by atoms with Crippen molar-refractivity contribution >= 4 is 24.3 Å². The maximum absolute atomic E-state index is 11.6. The predicted molar refractivity (Wildman–Crippen MR) is 43.4 cm³/mol. The topological polar surface area (TPSA) is 118 Å². The Hall–Kier alpha value is -0.530. The molecule has 0 heterocycles. The van der Waals surface area contributed by atoms with Gasteiger partial charge in [-0.2, -0.15) is 21.6 Å². The van der Waals surface area contributed by atoms with Crippen LogP contribution in [0.4, 0.5) is 26.3 Å². The van der Waals surface area contributed by atoms with Crippen LogP contribution in [0.1, 0.15) is 0 Å². The van der Waals surface area contributed by atoms with Gasteiger partial charge in [0.25, 0.3) is 0 Å². The van der Waals surface area contributed by atoms with Crippen LogP contribution in [-0.2, 0) is 19.6 Å². The van der Waals surface area contributed by atoms with Crippen LogP contribution >= 0.6 is 0 Å². The molecule has 5 N–H and O–H groups in total. The van der Waals surface area contributed by atoms with Gasteiger partial charge in [-0.1, -0.05) is 0 Å². The van der Waals surface area contributed by atoms with Gasteiger partial charge in [-0.15, -0.1) is 13.2 Å². The van der Waals surface area contributed by atoms with Crippen molar-refractivity contribution in [3.8, 4) is 0 Å². The first-order valence-electron chi connectivity index (χ1n) is 2.71. The van der Waals surface area contributed by atoms with E-state index in [-0.39, 0.29) is 6.15 Å². The molecule has 0 aliphatic heterocycles. The zero-order valence-corrected chi connectivity index (χ0v) is 8.71. The lowest BCUT2D eigenvalue weighted by atomic mass is 11.6. The van der Waals surface area contributed by atoms with Crippen molar-refractivity contribution in [2.75, 3.05) is 0 Å². The van der Waals surface area contributed by atoms with Gasteiger partial charge in [0.15, 0.2) is 4.70 Å². The third-order valence-corrected chi connectivity index (χ3v) is 4.34. The summed E-state index contributed by atoms with van der Waals surface area (Å²) in [6, 6.07) is 0. The van der Waals surface area contributed by atoms with Crippen molar-refractivity contribution < 1.29 is 43.5 Å². The molecule has 13 heteroatoms. The molecule has 0 aromatic heterocycles. The normalized spacial score (nSPS) is 17.2. The molecule has 0 aliphatic rings. The molecule has 0 saturated heterocycles. The van der Waals surface area contributed by atoms with Crippen molar-refractivity contribution in [1.82, 2.24) is 6.15 Å². The van der Waals surface area contributed by atoms with Gasteiger partial charge in [-0.05, 0) is 0 Å². The molecule has 100 valence electrons. The predicted octanol–water partition coefficient (Wildman–Crippen LogP) is 1.09. The van der Waals surface area contributed by atoms with Crippen molar-refractivity contribution in [1.29, 1.82) is 0 Å². The van der Waals surface area contributed by atoms with Gasteiger partial charge >= 0.3 is 20.9 Å². The highest BCUT2D eigenvalue weighted by atomic mass is 32.3. The molecule has 1 atom stereocenters. The Morgan fingerprint density at radius 2 is 1.31 bits per heavy atom. The zero-order chi connectivity index (χ0) is 12.7. The summed E-state index contributed by atoms with van der Waals surface area (Å²) < 4.78 is 105. The Kier molecular flexibility index (Phi) is 4.89. The lowest BCUT2D eigenvalue weighted by Crippen LogP contribution is -2.32. The van der Waals surface area contributed by atoms with Crippen molar-refractivity contribution in [3.05, 3.63) is 0 Å². The first kappa shape index (κ1) is 17.9. The maximum Gasteiger partial charge on any atom is 0.601 e. The quantitative estimate of drug-likeness (QED) is 0.443. The van der Waals surface area contributed by atoms with E-state index in [1.165, 1.54) is 0 Å². The van der Waals surface area contributed by atoms with Crippen LogP contribution in [0.15, 0.2) is 0 Å². The van der Waals surface area contributed by atoms with Gasteiger partial charge in [0.1, 0.15) is 0 Å². The number of alkyl halides is 6. The summed E-state index contributed by atoms with van der Waals surface area (Å²) in [6.07, 6.45) is 0. The van der Waals surface area contributed by atoms with Crippen LogP contribution in [0.2, 0.25) is 0 Å². The summed E-state index contributed by atoms with van der Waals surface area (Å²) >= 11 is 0. The SMILES string of the molecule is N.O=S([O-])(=CS(=[OH+])(=[OH+])C(F)(F)F)C(F)(F)F. The largest absolute Gasteiger partial charge is 0.770 e. The summed E-state index contributed by atoms with van der Waals surface area (Å²) in [4.78, 5) is 0. The number of hydrogen-bond donors (Lipinski definition) is 1. The summed E-state index contributed by atoms with van der Waals surface area (Å²) in [6.45, 7) is 0. The van der Waals surface area contributed by atoms with E-state index in [4.69, 9.17) is 8.42 Å². The second kappa shape index (κ2) is 4.38. The third-order valence-electron chi connectivity index (χ3n) is 0.924. The molecule has 0 aromatic carbocycles. The number of hydrogen-bond acceptors (Lipinski definition) is 3. The average molecular weight is 298 g/mol. The summed E-state index contributed by atoms with van der Waals surface area (Å²) in [7, 11) is -12.3. The minimum atomic E-state index is -6.35. The van der Waals surface area contributed by atoms with Gasteiger partial charge in [-0.3, -0.25) is 4.21 Å². The smallest absolute Gasteiger partial charge is 0.601 e. The Morgan fingerprint density at radius 3 is 1.50 bits per heavy atom. The van der Waals surface area contributed by atoms with Crippen molar-refractivity contribution in [2.24, 2.45) is 0 Å². The van der Waals surface area contributed by atoms with Crippen LogP contribution in [0.3, 0.4) is 0 Å². The van der Waals surface area contributed by atoms with E-state index >= 15 is 0 Å². The molecular formula is C3H6F6NO4S2+. The van der Waals surface area contributed by atoms with Crippen LogP contribution in [0.5, 0.6) is 0 Å². The standard InChI is InChI=1S/C3H2F6O4S2.H3N/c4-2(5,6)14(10,11)1-15(12,13)3(7,8)9;/h1H,(H,10,11);1H3/p+1. The molecule has 0 amide bonds. The number of halogens is 6.